The van der Waals surface area contributed by atoms with Crippen LogP contribution in [0.25, 0.3) is 26.4 Å². The average Bonchev–Trinajstić information content (AvgIpc) is 3.27. The predicted molar refractivity (Wildman–Crippen MR) is 100 cm³/mol. The molecule has 8 heteroatoms. The lowest BCUT2D eigenvalue weighted by atomic mass is 9.95. The molecule has 1 aromatic carbocycles. The number of hydrogen-bond acceptors (Lipinski definition) is 5. The number of aryl methyl sites for hydroxylation is 1. The van der Waals surface area contributed by atoms with Gasteiger partial charge in [-0.3, -0.25) is 4.68 Å². The van der Waals surface area contributed by atoms with Crippen molar-refractivity contribution in [3.63, 3.8) is 0 Å². The summed E-state index contributed by atoms with van der Waals surface area (Å²) in [6.45, 7) is 2.14. The fraction of sp³-hybridized carbons (Fsp3) is 0.353. The van der Waals surface area contributed by atoms with E-state index in [1.165, 1.54) is 0 Å². The van der Waals surface area contributed by atoms with Crippen LogP contribution in [0.5, 0.6) is 0 Å². The van der Waals surface area contributed by atoms with Gasteiger partial charge in [0, 0.05) is 30.1 Å². The van der Waals surface area contributed by atoms with Crippen LogP contribution >= 0.6 is 22.9 Å². The molecule has 1 saturated heterocycles. The summed E-state index contributed by atoms with van der Waals surface area (Å²) < 4.78 is 3.68. The summed E-state index contributed by atoms with van der Waals surface area (Å²) in [5.74, 6) is 0.541. The van der Waals surface area contributed by atoms with E-state index in [0.717, 1.165) is 58.1 Å². The normalized spacial score (nSPS) is 16.2. The van der Waals surface area contributed by atoms with Crippen molar-refractivity contribution in [2.24, 2.45) is 7.05 Å². The van der Waals surface area contributed by atoms with Crippen molar-refractivity contribution in [1.82, 2.24) is 29.7 Å². The van der Waals surface area contributed by atoms with Crippen LogP contribution < -0.4 is 5.32 Å². The van der Waals surface area contributed by atoms with Gasteiger partial charge in [-0.1, -0.05) is 22.9 Å². The lowest BCUT2D eigenvalue weighted by Crippen LogP contribution is -2.26. The van der Waals surface area contributed by atoms with E-state index in [4.69, 9.17) is 21.7 Å². The molecule has 1 aliphatic heterocycles. The molecule has 0 radical (unpaired) electrons. The summed E-state index contributed by atoms with van der Waals surface area (Å²) in [5.41, 5.74) is 2.99. The molecule has 0 amide bonds. The fourth-order valence-corrected chi connectivity index (χ4v) is 4.62. The predicted octanol–water partition coefficient (Wildman–Crippen LogP) is 3.46. The highest BCUT2D eigenvalue weighted by Gasteiger charge is 2.20. The van der Waals surface area contributed by atoms with E-state index in [9.17, 15) is 0 Å². The van der Waals surface area contributed by atoms with Gasteiger partial charge < -0.3 is 5.32 Å². The SMILES string of the molecule is Cn1cc2cc(-c3nn4cc(C5CCNCC5)nc4s3)cc(Cl)c2n1. The quantitative estimate of drug-likeness (QED) is 0.585. The summed E-state index contributed by atoms with van der Waals surface area (Å²) >= 11 is 8.00. The van der Waals surface area contributed by atoms with Crippen molar-refractivity contribution in [3.05, 3.63) is 35.2 Å². The molecule has 0 bridgehead atoms. The van der Waals surface area contributed by atoms with Crippen LogP contribution in [0.3, 0.4) is 0 Å². The standard InChI is InChI=1S/C17H17ClN6S/c1-23-8-12-6-11(7-13(18)15(12)21-23)16-22-24-9-14(20-17(24)25-16)10-2-4-19-5-3-10/h6-10,19H,2-5H2,1H3. The first-order chi connectivity index (χ1) is 12.2. The van der Waals surface area contributed by atoms with Crippen molar-refractivity contribution >= 4 is 38.8 Å². The van der Waals surface area contributed by atoms with Crippen molar-refractivity contribution in [2.75, 3.05) is 13.1 Å². The van der Waals surface area contributed by atoms with E-state index in [1.54, 1.807) is 16.0 Å². The number of benzene rings is 1. The molecule has 0 aliphatic carbocycles. The highest BCUT2D eigenvalue weighted by molar-refractivity contribution is 7.19. The zero-order chi connectivity index (χ0) is 17.0. The maximum Gasteiger partial charge on any atom is 0.212 e. The Kier molecular flexibility index (Phi) is 3.55. The minimum atomic E-state index is 0.541. The van der Waals surface area contributed by atoms with Crippen LogP contribution in [-0.2, 0) is 7.05 Å². The highest BCUT2D eigenvalue weighted by atomic mass is 35.5. The maximum absolute atomic E-state index is 6.40. The van der Waals surface area contributed by atoms with Gasteiger partial charge in [0.1, 0.15) is 10.5 Å². The second-order valence-corrected chi connectivity index (χ2v) is 7.89. The summed E-state index contributed by atoms with van der Waals surface area (Å²) in [6, 6.07) is 4.02. The first-order valence-electron chi connectivity index (χ1n) is 8.37. The zero-order valence-electron chi connectivity index (χ0n) is 13.7. The number of imidazole rings is 1. The average molecular weight is 373 g/mol. The molecule has 0 unspecified atom stereocenters. The highest BCUT2D eigenvalue weighted by Crippen LogP contribution is 2.33. The van der Waals surface area contributed by atoms with Gasteiger partial charge in [-0.15, -0.1) is 0 Å². The molecule has 0 atom stereocenters. The van der Waals surface area contributed by atoms with Crippen LogP contribution in [0.1, 0.15) is 24.5 Å². The minimum absolute atomic E-state index is 0.541. The van der Waals surface area contributed by atoms with Crippen LogP contribution in [0.4, 0.5) is 0 Å². The maximum atomic E-state index is 6.40. The number of halogens is 1. The van der Waals surface area contributed by atoms with Gasteiger partial charge in [-0.2, -0.15) is 10.2 Å². The Morgan fingerprint density at radius 2 is 2.04 bits per heavy atom. The fourth-order valence-electron chi connectivity index (χ4n) is 3.48. The molecule has 4 aromatic rings. The van der Waals surface area contributed by atoms with Crippen molar-refractivity contribution in [3.8, 4) is 10.6 Å². The molecule has 1 fully saturated rings. The molecule has 5 rings (SSSR count). The van der Waals surface area contributed by atoms with Gasteiger partial charge in [0.2, 0.25) is 4.96 Å². The third-order valence-corrected chi connectivity index (χ3v) is 6.00. The van der Waals surface area contributed by atoms with E-state index in [-0.39, 0.29) is 0 Å². The second kappa shape index (κ2) is 5.79. The first-order valence-corrected chi connectivity index (χ1v) is 9.57. The number of hydrogen-bond donors (Lipinski definition) is 1. The van der Waals surface area contributed by atoms with Gasteiger partial charge >= 0.3 is 0 Å². The van der Waals surface area contributed by atoms with Gasteiger partial charge in [-0.25, -0.2) is 9.50 Å². The van der Waals surface area contributed by atoms with Gasteiger partial charge in [-0.05, 0) is 38.1 Å². The number of nitrogens with one attached hydrogen (secondary N) is 1. The Morgan fingerprint density at radius 3 is 2.84 bits per heavy atom. The Balaban J connectivity index is 1.53. The number of aromatic nitrogens is 5. The minimum Gasteiger partial charge on any atom is -0.317 e. The Morgan fingerprint density at radius 1 is 1.20 bits per heavy atom. The van der Waals surface area contributed by atoms with Crippen LogP contribution in [-0.4, -0.2) is 37.5 Å². The summed E-state index contributed by atoms with van der Waals surface area (Å²) in [5, 5.41) is 15.1. The Labute approximate surface area is 153 Å². The van der Waals surface area contributed by atoms with Crippen LogP contribution in [0.2, 0.25) is 5.02 Å². The van der Waals surface area contributed by atoms with E-state index in [2.05, 4.69) is 22.7 Å². The van der Waals surface area contributed by atoms with Crippen LogP contribution in [0, 0.1) is 0 Å². The Hall–Kier alpha value is -1.96. The van der Waals surface area contributed by atoms with Crippen molar-refractivity contribution in [1.29, 1.82) is 0 Å². The molecular formula is C17H17ClN6S. The monoisotopic (exact) mass is 372 g/mol. The number of rotatable bonds is 2. The molecule has 6 nitrogen and oxygen atoms in total. The topological polar surface area (TPSA) is 60.0 Å². The Bertz CT molecular complexity index is 1040. The molecule has 4 heterocycles. The smallest absolute Gasteiger partial charge is 0.212 e. The summed E-state index contributed by atoms with van der Waals surface area (Å²) in [6.07, 6.45) is 6.34. The van der Waals surface area contributed by atoms with Crippen molar-refractivity contribution in [2.45, 2.75) is 18.8 Å². The summed E-state index contributed by atoms with van der Waals surface area (Å²) in [4.78, 5) is 5.75. The van der Waals surface area contributed by atoms with Crippen molar-refractivity contribution < 1.29 is 0 Å². The van der Waals surface area contributed by atoms with E-state index >= 15 is 0 Å². The molecule has 1 N–H and O–H groups in total. The van der Waals surface area contributed by atoms with Gasteiger partial charge in [0.05, 0.1) is 16.9 Å². The van der Waals surface area contributed by atoms with Gasteiger partial charge in [0.15, 0.2) is 0 Å². The third kappa shape index (κ3) is 2.63. The number of piperidine rings is 1. The molecular weight excluding hydrogens is 356 g/mol. The van der Waals surface area contributed by atoms with E-state index < -0.39 is 0 Å². The lowest BCUT2D eigenvalue weighted by Gasteiger charge is -2.20. The second-order valence-electron chi connectivity index (χ2n) is 6.52. The largest absolute Gasteiger partial charge is 0.317 e. The van der Waals surface area contributed by atoms with Gasteiger partial charge in [0.25, 0.3) is 0 Å². The first kappa shape index (κ1) is 15.3. The van der Waals surface area contributed by atoms with E-state index in [0.29, 0.717) is 10.9 Å². The number of fused-ring (bicyclic) bond motifs is 2. The third-order valence-electron chi connectivity index (χ3n) is 4.74. The molecule has 1 aliphatic rings. The summed E-state index contributed by atoms with van der Waals surface area (Å²) in [7, 11) is 1.90. The lowest BCUT2D eigenvalue weighted by molar-refractivity contribution is 0.454. The molecule has 128 valence electrons. The van der Waals surface area contributed by atoms with Crippen LogP contribution in [0.15, 0.2) is 24.5 Å². The molecule has 25 heavy (non-hydrogen) atoms. The zero-order valence-corrected chi connectivity index (χ0v) is 15.3. The molecule has 0 spiro atoms. The molecule has 0 saturated carbocycles. The number of nitrogens with zero attached hydrogens (tertiary/aromatic N) is 5. The molecule has 3 aromatic heterocycles. The van der Waals surface area contributed by atoms with E-state index in [1.807, 2.05) is 23.8 Å².